The lowest BCUT2D eigenvalue weighted by atomic mass is 10.1. The number of hydrogen-bond donors (Lipinski definition) is 1. The van der Waals surface area contributed by atoms with Crippen molar-refractivity contribution in [2.24, 2.45) is 10.1 Å². The number of benzene rings is 1. The number of amides is 1. The number of carbonyl (C=O) groups is 1. The maximum atomic E-state index is 12.8. The second-order valence-corrected chi connectivity index (χ2v) is 9.67. The molecule has 32 heavy (non-hydrogen) atoms. The summed E-state index contributed by atoms with van der Waals surface area (Å²) >= 11 is 13.8. The molecule has 0 unspecified atom stereocenters. The summed E-state index contributed by atoms with van der Waals surface area (Å²) in [6.45, 7) is 6.08. The van der Waals surface area contributed by atoms with Gasteiger partial charge in [0.25, 0.3) is 5.91 Å². The van der Waals surface area contributed by atoms with E-state index in [9.17, 15) is 4.79 Å². The molecule has 0 fully saturated rings. The van der Waals surface area contributed by atoms with Crippen molar-refractivity contribution < 1.29 is 4.79 Å². The summed E-state index contributed by atoms with van der Waals surface area (Å²) in [7, 11) is 0. The summed E-state index contributed by atoms with van der Waals surface area (Å²) in [6.07, 6.45) is 5.83. The molecule has 1 aromatic heterocycles. The van der Waals surface area contributed by atoms with E-state index in [4.69, 9.17) is 28.6 Å². The molecule has 0 aliphatic carbocycles. The van der Waals surface area contributed by atoms with E-state index in [-0.39, 0.29) is 11.4 Å². The average Bonchev–Trinajstić information content (AvgIpc) is 3.24. The summed E-state index contributed by atoms with van der Waals surface area (Å²) in [5, 5.41) is 17.0. The van der Waals surface area contributed by atoms with E-state index >= 15 is 0 Å². The number of amidine groups is 2. The Hall–Kier alpha value is -2.35. The predicted octanol–water partition coefficient (Wildman–Crippen LogP) is 6.60. The standard InChI is InChI=1S/C23H23Cl2N5OS/c1-4-5-6-7-20-28-30-21(26)19(22(31)27-23(30)32-20)9-15-8-13(2)29(14(15)3)18-11-16(24)10-17(25)12-18/h8-12,26H,4-7H2,1-3H3/b19-9+,26-21?. The average molecular weight is 488 g/mol. The number of aliphatic imine (C=N–C) groups is 1. The molecule has 2 aliphatic rings. The summed E-state index contributed by atoms with van der Waals surface area (Å²) < 4.78 is 2.02. The first-order chi connectivity index (χ1) is 15.3. The molecule has 9 heteroatoms. The molecule has 2 aromatic rings. The van der Waals surface area contributed by atoms with E-state index in [1.165, 1.54) is 16.8 Å². The molecule has 1 amide bonds. The van der Waals surface area contributed by atoms with Crippen LogP contribution in [0.1, 0.15) is 49.6 Å². The van der Waals surface area contributed by atoms with Gasteiger partial charge in [0.05, 0.1) is 5.57 Å². The van der Waals surface area contributed by atoms with Gasteiger partial charge in [0.15, 0.2) is 5.84 Å². The minimum absolute atomic E-state index is 0.0496. The second kappa shape index (κ2) is 9.25. The van der Waals surface area contributed by atoms with Crippen LogP contribution in [0.15, 0.2) is 39.9 Å². The van der Waals surface area contributed by atoms with Crippen molar-refractivity contribution in [3.8, 4) is 5.69 Å². The smallest absolute Gasteiger partial charge is 0.283 e. The zero-order valence-electron chi connectivity index (χ0n) is 18.1. The van der Waals surface area contributed by atoms with E-state index in [0.717, 1.165) is 53.4 Å². The molecule has 4 rings (SSSR count). The fourth-order valence-corrected chi connectivity index (χ4v) is 5.26. The number of fused-ring (bicyclic) bond motifs is 1. The van der Waals surface area contributed by atoms with Crippen LogP contribution >= 0.6 is 35.0 Å². The normalized spacial score (nSPS) is 17.2. The van der Waals surface area contributed by atoms with Crippen LogP contribution < -0.4 is 0 Å². The fraction of sp³-hybridized carbons (Fsp3) is 0.304. The number of unbranched alkanes of at least 4 members (excludes halogenated alkanes) is 2. The van der Waals surface area contributed by atoms with Gasteiger partial charge in [-0.1, -0.05) is 43.0 Å². The lowest BCUT2D eigenvalue weighted by Crippen LogP contribution is -2.35. The quantitative estimate of drug-likeness (QED) is 0.368. The van der Waals surface area contributed by atoms with Crippen molar-refractivity contribution >= 4 is 63.0 Å². The van der Waals surface area contributed by atoms with Crippen molar-refractivity contribution in [1.82, 2.24) is 9.58 Å². The Morgan fingerprint density at radius 2 is 1.84 bits per heavy atom. The summed E-state index contributed by atoms with van der Waals surface area (Å²) in [5.41, 5.74) is 3.74. The van der Waals surface area contributed by atoms with Crippen molar-refractivity contribution in [2.45, 2.75) is 46.5 Å². The van der Waals surface area contributed by atoms with Crippen LogP contribution in [0.2, 0.25) is 10.0 Å². The minimum atomic E-state index is -0.422. The predicted molar refractivity (Wildman–Crippen MR) is 134 cm³/mol. The third-order valence-electron chi connectivity index (χ3n) is 5.37. The highest BCUT2D eigenvalue weighted by molar-refractivity contribution is 8.26. The molecule has 0 radical (unpaired) electrons. The van der Waals surface area contributed by atoms with Crippen LogP contribution in [0.25, 0.3) is 11.8 Å². The first kappa shape index (κ1) is 22.8. The van der Waals surface area contributed by atoms with Crippen molar-refractivity contribution in [1.29, 1.82) is 5.41 Å². The number of nitrogens with one attached hydrogen (secondary N) is 1. The molecular weight excluding hydrogens is 465 g/mol. The first-order valence-electron chi connectivity index (χ1n) is 10.4. The Morgan fingerprint density at radius 3 is 2.53 bits per heavy atom. The molecule has 166 valence electrons. The van der Waals surface area contributed by atoms with Crippen LogP contribution in [0.3, 0.4) is 0 Å². The van der Waals surface area contributed by atoms with Crippen LogP contribution in [-0.4, -0.2) is 31.5 Å². The van der Waals surface area contributed by atoms with E-state index in [0.29, 0.717) is 15.2 Å². The van der Waals surface area contributed by atoms with Crippen LogP contribution in [-0.2, 0) is 4.79 Å². The Kier molecular flexibility index (Phi) is 6.60. The molecule has 0 saturated heterocycles. The third-order valence-corrected chi connectivity index (χ3v) is 6.77. The molecule has 0 spiro atoms. The maximum Gasteiger partial charge on any atom is 0.283 e. The summed E-state index contributed by atoms with van der Waals surface area (Å²) in [5.74, 6) is -0.372. The Morgan fingerprint density at radius 1 is 1.12 bits per heavy atom. The van der Waals surface area contributed by atoms with Gasteiger partial charge in [0.2, 0.25) is 5.17 Å². The second-order valence-electron chi connectivity index (χ2n) is 7.76. The Bertz CT molecular complexity index is 1190. The van der Waals surface area contributed by atoms with E-state index in [1.54, 1.807) is 12.1 Å². The number of aromatic nitrogens is 1. The van der Waals surface area contributed by atoms with Gasteiger partial charge < -0.3 is 4.57 Å². The minimum Gasteiger partial charge on any atom is -0.318 e. The number of carbonyl (C=O) groups excluding carboxylic acids is 1. The topological polar surface area (TPSA) is 73.8 Å². The van der Waals surface area contributed by atoms with Crippen LogP contribution in [0.5, 0.6) is 0 Å². The fourth-order valence-electron chi connectivity index (χ4n) is 3.81. The van der Waals surface area contributed by atoms with Gasteiger partial charge in [0, 0.05) is 27.1 Å². The number of halogens is 2. The number of nitrogens with zero attached hydrogens (tertiary/aromatic N) is 4. The number of hydrazone groups is 1. The number of rotatable bonds is 6. The highest BCUT2D eigenvalue weighted by Gasteiger charge is 2.35. The van der Waals surface area contributed by atoms with Gasteiger partial charge in [-0.15, -0.1) is 0 Å². The highest BCUT2D eigenvalue weighted by atomic mass is 35.5. The van der Waals surface area contributed by atoms with E-state index in [1.807, 2.05) is 36.6 Å². The van der Waals surface area contributed by atoms with Gasteiger partial charge >= 0.3 is 0 Å². The van der Waals surface area contributed by atoms with Gasteiger partial charge in [0.1, 0.15) is 5.04 Å². The largest absolute Gasteiger partial charge is 0.318 e. The molecular formula is C23H23Cl2N5OS. The zero-order valence-corrected chi connectivity index (χ0v) is 20.4. The Labute approximate surface area is 201 Å². The van der Waals surface area contributed by atoms with Gasteiger partial charge in [-0.3, -0.25) is 10.2 Å². The summed E-state index contributed by atoms with van der Waals surface area (Å²) in [4.78, 5) is 16.9. The van der Waals surface area contributed by atoms with Gasteiger partial charge in [-0.25, -0.2) is 0 Å². The van der Waals surface area contributed by atoms with Gasteiger partial charge in [-0.2, -0.15) is 15.1 Å². The van der Waals surface area contributed by atoms with Gasteiger partial charge in [-0.05, 0) is 74.4 Å². The van der Waals surface area contributed by atoms with Crippen molar-refractivity contribution in [3.05, 3.63) is 56.8 Å². The summed E-state index contributed by atoms with van der Waals surface area (Å²) in [6, 6.07) is 7.33. The molecule has 0 saturated carbocycles. The highest BCUT2D eigenvalue weighted by Crippen LogP contribution is 2.32. The SMILES string of the molecule is CCCCCC1=NN2C(=N)/C(=C\c3cc(C)n(-c4cc(Cl)cc(Cl)c4)c3C)C(=O)N=C2S1. The van der Waals surface area contributed by atoms with Crippen LogP contribution in [0.4, 0.5) is 0 Å². The lowest BCUT2D eigenvalue weighted by molar-refractivity contribution is -0.114. The molecule has 3 heterocycles. The number of hydrogen-bond acceptors (Lipinski definition) is 4. The molecule has 0 atom stereocenters. The van der Waals surface area contributed by atoms with Crippen molar-refractivity contribution in [3.63, 3.8) is 0 Å². The molecule has 0 bridgehead atoms. The van der Waals surface area contributed by atoms with E-state index < -0.39 is 5.91 Å². The molecule has 2 aliphatic heterocycles. The lowest BCUT2D eigenvalue weighted by Gasteiger charge is -2.20. The first-order valence-corrected chi connectivity index (χ1v) is 12.0. The number of aryl methyl sites for hydroxylation is 1. The monoisotopic (exact) mass is 487 g/mol. The third kappa shape index (κ3) is 4.42. The van der Waals surface area contributed by atoms with Crippen LogP contribution in [0, 0.1) is 19.3 Å². The van der Waals surface area contributed by atoms with Crippen molar-refractivity contribution in [2.75, 3.05) is 0 Å². The Balaban J connectivity index is 1.66. The number of thioether (sulfide) groups is 1. The van der Waals surface area contributed by atoms with E-state index in [2.05, 4.69) is 17.0 Å². The molecule has 1 N–H and O–H groups in total. The molecule has 6 nitrogen and oxygen atoms in total. The molecule has 1 aromatic carbocycles. The maximum absolute atomic E-state index is 12.8. The zero-order chi connectivity index (χ0) is 23.0.